The second-order valence-corrected chi connectivity index (χ2v) is 5.23. The molecule has 4 nitrogen and oxygen atoms in total. The first-order valence-electron chi connectivity index (χ1n) is 7.02. The second-order valence-electron chi connectivity index (χ2n) is 5.23. The molecule has 0 saturated carbocycles. The van der Waals surface area contributed by atoms with Crippen LogP contribution in [0, 0.1) is 0 Å². The number of hydrogen-bond acceptors (Lipinski definition) is 3. The molecule has 0 fully saturated rings. The number of allylic oxidation sites excluding steroid dienone is 1. The molecule has 1 heterocycles. The molecule has 2 rings (SSSR count). The maximum atomic E-state index is 11.4. The molecule has 1 aromatic carbocycles. The molecule has 0 atom stereocenters. The van der Waals surface area contributed by atoms with Gasteiger partial charge in [0.1, 0.15) is 5.75 Å². The van der Waals surface area contributed by atoms with Gasteiger partial charge in [0.15, 0.2) is 0 Å². The Kier molecular flexibility index (Phi) is 4.68. The van der Waals surface area contributed by atoms with Gasteiger partial charge in [-0.05, 0) is 45.0 Å². The van der Waals surface area contributed by atoms with Crippen LogP contribution in [0.15, 0.2) is 42.1 Å². The highest BCUT2D eigenvalue weighted by molar-refractivity contribution is 5.87. The summed E-state index contributed by atoms with van der Waals surface area (Å²) >= 11 is 0. The number of methoxy groups -OCH3 is 1. The van der Waals surface area contributed by atoms with E-state index in [4.69, 9.17) is 4.74 Å². The molecule has 0 saturated heterocycles. The van der Waals surface area contributed by atoms with E-state index in [0.717, 1.165) is 16.7 Å². The molecule has 0 N–H and O–H groups in total. The van der Waals surface area contributed by atoms with Crippen molar-refractivity contribution in [2.24, 2.45) is 0 Å². The molecule has 0 aliphatic rings. The largest absolute Gasteiger partial charge is 0.491 e. The lowest BCUT2D eigenvalue weighted by Crippen LogP contribution is -2.05. The summed E-state index contributed by atoms with van der Waals surface area (Å²) in [5.74, 6) is 0.579. The van der Waals surface area contributed by atoms with E-state index >= 15 is 0 Å². The highest BCUT2D eigenvalue weighted by Crippen LogP contribution is 2.23. The number of aromatic nitrogens is 1. The van der Waals surface area contributed by atoms with Crippen LogP contribution in [0.4, 0.5) is 0 Å². The molecule has 0 aliphatic heterocycles. The SMILES string of the molecule is COC(=O)/C(C)=C/Cn1ccc2cc(OC(C)C)ccc21. The van der Waals surface area contributed by atoms with Gasteiger partial charge in [-0.25, -0.2) is 4.79 Å². The Balaban J connectivity index is 2.21. The van der Waals surface area contributed by atoms with Crippen molar-refractivity contribution in [3.05, 3.63) is 42.1 Å². The first-order valence-corrected chi connectivity index (χ1v) is 7.02. The molecular weight excluding hydrogens is 266 g/mol. The first kappa shape index (κ1) is 15.2. The predicted octanol–water partition coefficient (Wildman–Crippen LogP) is 3.55. The standard InChI is InChI=1S/C17H21NO3/c1-12(2)21-15-5-6-16-14(11-15)8-10-18(16)9-7-13(3)17(19)20-4/h5-8,10-12H,9H2,1-4H3/b13-7+. The number of esters is 1. The molecule has 0 bridgehead atoms. The van der Waals surface area contributed by atoms with Gasteiger partial charge in [-0.3, -0.25) is 0 Å². The van der Waals surface area contributed by atoms with E-state index in [2.05, 4.69) is 9.30 Å². The third-order valence-corrected chi connectivity index (χ3v) is 3.22. The van der Waals surface area contributed by atoms with Gasteiger partial charge in [-0.2, -0.15) is 0 Å². The molecule has 0 spiro atoms. The summed E-state index contributed by atoms with van der Waals surface area (Å²) in [5, 5.41) is 1.12. The van der Waals surface area contributed by atoms with Gasteiger partial charge in [-0.1, -0.05) is 6.08 Å². The monoisotopic (exact) mass is 287 g/mol. The summed E-state index contributed by atoms with van der Waals surface area (Å²) in [4.78, 5) is 11.4. The molecule has 1 aromatic heterocycles. The Hall–Kier alpha value is -2.23. The zero-order valence-electron chi connectivity index (χ0n) is 12.9. The van der Waals surface area contributed by atoms with Crippen molar-refractivity contribution in [1.29, 1.82) is 0 Å². The van der Waals surface area contributed by atoms with Crippen LogP contribution in [0.2, 0.25) is 0 Å². The minimum Gasteiger partial charge on any atom is -0.491 e. The topological polar surface area (TPSA) is 40.5 Å². The normalized spacial score (nSPS) is 12.0. The van der Waals surface area contributed by atoms with Gasteiger partial charge >= 0.3 is 5.97 Å². The van der Waals surface area contributed by atoms with Crippen molar-refractivity contribution < 1.29 is 14.3 Å². The smallest absolute Gasteiger partial charge is 0.333 e. The fourth-order valence-corrected chi connectivity index (χ4v) is 2.16. The van der Waals surface area contributed by atoms with E-state index in [1.54, 1.807) is 6.92 Å². The molecule has 2 aromatic rings. The number of nitrogens with zero attached hydrogens (tertiary/aromatic N) is 1. The number of ether oxygens (including phenoxy) is 2. The Morgan fingerprint density at radius 2 is 2.10 bits per heavy atom. The summed E-state index contributed by atoms with van der Waals surface area (Å²) in [6.45, 7) is 6.41. The van der Waals surface area contributed by atoms with E-state index in [-0.39, 0.29) is 12.1 Å². The zero-order valence-corrected chi connectivity index (χ0v) is 12.9. The van der Waals surface area contributed by atoms with E-state index in [9.17, 15) is 4.79 Å². The van der Waals surface area contributed by atoms with Crippen molar-refractivity contribution in [1.82, 2.24) is 4.57 Å². The van der Waals surface area contributed by atoms with Crippen LogP contribution in [-0.2, 0) is 16.1 Å². The summed E-state index contributed by atoms with van der Waals surface area (Å²) in [6, 6.07) is 8.08. The van der Waals surface area contributed by atoms with E-state index < -0.39 is 0 Å². The fourth-order valence-electron chi connectivity index (χ4n) is 2.16. The molecule has 4 heteroatoms. The highest BCUT2D eigenvalue weighted by Gasteiger charge is 2.05. The minimum atomic E-state index is -0.293. The fraction of sp³-hybridized carbons (Fsp3) is 0.353. The Bertz CT molecular complexity index is 668. The zero-order chi connectivity index (χ0) is 15.4. The average Bonchev–Trinajstić information content (AvgIpc) is 2.85. The molecule has 0 unspecified atom stereocenters. The predicted molar refractivity (Wildman–Crippen MR) is 83.5 cm³/mol. The van der Waals surface area contributed by atoms with Crippen LogP contribution in [0.3, 0.4) is 0 Å². The van der Waals surface area contributed by atoms with E-state index in [1.807, 2.05) is 50.4 Å². The summed E-state index contributed by atoms with van der Waals surface area (Å²) < 4.78 is 12.5. The van der Waals surface area contributed by atoms with Crippen molar-refractivity contribution in [3.63, 3.8) is 0 Å². The number of rotatable bonds is 5. The van der Waals surface area contributed by atoms with Crippen LogP contribution in [0.1, 0.15) is 20.8 Å². The van der Waals surface area contributed by atoms with Crippen LogP contribution >= 0.6 is 0 Å². The van der Waals surface area contributed by atoms with E-state index in [1.165, 1.54) is 7.11 Å². The first-order chi connectivity index (χ1) is 10.0. The van der Waals surface area contributed by atoms with Gasteiger partial charge in [0.05, 0.1) is 13.2 Å². The maximum absolute atomic E-state index is 11.4. The molecule has 112 valence electrons. The minimum absolute atomic E-state index is 0.162. The van der Waals surface area contributed by atoms with Crippen LogP contribution < -0.4 is 4.74 Å². The lowest BCUT2D eigenvalue weighted by atomic mass is 10.2. The molecule has 0 aliphatic carbocycles. The summed E-state index contributed by atoms with van der Waals surface area (Å²) in [7, 11) is 1.39. The van der Waals surface area contributed by atoms with Crippen LogP contribution in [-0.4, -0.2) is 23.8 Å². The Labute approximate surface area is 125 Å². The van der Waals surface area contributed by atoms with E-state index in [0.29, 0.717) is 12.1 Å². The number of benzene rings is 1. The van der Waals surface area contributed by atoms with Gasteiger partial charge in [0, 0.05) is 29.2 Å². The van der Waals surface area contributed by atoms with Crippen LogP contribution in [0.5, 0.6) is 5.75 Å². The average molecular weight is 287 g/mol. The number of carbonyl (C=O) groups is 1. The number of hydrogen-bond donors (Lipinski definition) is 0. The van der Waals surface area contributed by atoms with Crippen LogP contribution in [0.25, 0.3) is 10.9 Å². The number of carbonyl (C=O) groups excluding carboxylic acids is 1. The third-order valence-electron chi connectivity index (χ3n) is 3.22. The van der Waals surface area contributed by atoms with Gasteiger partial charge in [-0.15, -0.1) is 0 Å². The maximum Gasteiger partial charge on any atom is 0.333 e. The molecule has 0 amide bonds. The Morgan fingerprint density at radius 3 is 2.76 bits per heavy atom. The number of fused-ring (bicyclic) bond motifs is 1. The van der Waals surface area contributed by atoms with Crippen molar-refractivity contribution in [3.8, 4) is 5.75 Å². The second kappa shape index (κ2) is 6.48. The Morgan fingerprint density at radius 1 is 1.33 bits per heavy atom. The molecular formula is C17H21NO3. The lowest BCUT2D eigenvalue weighted by molar-refractivity contribution is -0.136. The quantitative estimate of drug-likeness (QED) is 0.623. The summed E-state index contributed by atoms with van der Waals surface area (Å²) in [6.07, 6.45) is 4.03. The van der Waals surface area contributed by atoms with Crippen molar-refractivity contribution >= 4 is 16.9 Å². The van der Waals surface area contributed by atoms with Crippen molar-refractivity contribution in [2.75, 3.05) is 7.11 Å². The van der Waals surface area contributed by atoms with Gasteiger partial charge < -0.3 is 14.0 Å². The third kappa shape index (κ3) is 3.66. The molecule has 21 heavy (non-hydrogen) atoms. The lowest BCUT2D eigenvalue weighted by Gasteiger charge is -2.10. The summed E-state index contributed by atoms with van der Waals surface area (Å²) in [5.41, 5.74) is 1.72. The van der Waals surface area contributed by atoms with Gasteiger partial charge in [0.2, 0.25) is 0 Å². The highest BCUT2D eigenvalue weighted by atomic mass is 16.5. The van der Waals surface area contributed by atoms with Gasteiger partial charge in [0.25, 0.3) is 0 Å². The molecule has 0 radical (unpaired) electrons. The van der Waals surface area contributed by atoms with Crippen molar-refractivity contribution in [2.45, 2.75) is 33.4 Å².